The van der Waals surface area contributed by atoms with Gasteiger partial charge in [0.15, 0.2) is 5.96 Å². The average molecular weight is 1510 g/mol. The molecule has 105 heavy (non-hydrogen) atoms. The number of rotatable bonds is 51. The van der Waals surface area contributed by atoms with Crippen molar-refractivity contribution in [1.82, 2.24) is 63.8 Å². The third kappa shape index (κ3) is 37.0. The van der Waals surface area contributed by atoms with Crippen molar-refractivity contribution < 1.29 is 107 Å². The fourth-order valence-electron chi connectivity index (χ4n) is 9.81. The normalized spacial score (nSPS) is 14.5. The van der Waals surface area contributed by atoms with Crippen molar-refractivity contribution in [3.05, 3.63) is 29.8 Å². The maximum absolute atomic E-state index is 14.5. The van der Waals surface area contributed by atoms with Gasteiger partial charge in [-0.3, -0.25) is 81.7 Å². The molecule has 1 aromatic rings. The predicted octanol–water partition coefficient (Wildman–Crippen LogP) is -6.24. The number of phenolic OH excluding ortho intramolecular Hbond substituents is 1. The molecule has 0 aliphatic rings. The smallest absolute Gasteiger partial charge is 0.326 e. The van der Waals surface area contributed by atoms with Crippen molar-refractivity contribution in [3.8, 4) is 5.75 Å². The second kappa shape index (κ2) is 47.7. The molecule has 0 saturated heterocycles. The fourth-order valence-corrected chi connectivity index (χ4v) is 9.98. The number of nitrogens with two attached hydrogens (primary N) is 5. The number of phenols is 1. The lowest BCUT2D eigenvalue weighted by atomic mass is 9.98. The Morgan fingerprint density at radius 2 is 0.867 bits per heavy atom. The summed E-state index contributed by atoms with van der Waals surface area (Å²) in [6, 6.07) is -13.7. The van der Waals surface area contributed by atoms with Crippen LogP contribution in [0.5, 0.6) is 5.75 Å². The second-order valence-electron chi connectivity index (χ2n) is 25.8. The number of aliphatic imine (C=N–C) groups is 1. The molecule has 41 heteroatoms. The molecule has 0 aliphatic carbocycles. The molecule has 0 radical (unpaired) electrons. The topological polar surface area (TPSA) is 678 Å². The van der Waals surface area contributed by atoms with Crippen LogP contribution in [0.3, 0.4) is 0 Å². The standard InChI is InChI=1S/C64H104N18O22S/c1-30(2)25-44(63(103)104)80-58(98)41(19-22-48(88)89)77-61(101)50(31(3)4)81-59(99)42(26-34-13-15-35(83)16-14-34)79-62(102)51(32(5)6)82-60(100)43(27-49(90)91)78-55(95)37(11-8-9-23-65)74-54(94)38(12-10-24-70-64(68)69)75-57(97)40(17-20-45(67)84)76-56(96)39(18-21-47(86)87)73-46(85)28-71-52(92)33(7)72-53(93)36(66)29-105/h13-16,30-33,36-44,50-51,83,105H,8-12,17-29,65-66H2,1-7H3,(H2,67,84)(H,71,92)(H,72,93)(H,73,85)(H,74,94)(H,75,97)(H,76,96)(H,77,101)(H,78,95)(H,79,102)(H,80,98)(H,81,99)(H,82,100)(H,86,87)(H,88,89)(H,90,91)(H,103,104)(H4,68,69,70)/t33-,36-,37-,38-,39-,40-,41-,42-,43-,44-,50-,51-/m0/s1. The molecule has 0 heterocycles. The van der Waals surface area contributed by atoms with Gasteiger partial charge in [-0.2, -0.15) is 12.6 Å². The maximum Gasteiger partial charge on any atom is 0.326 e. The van der Waals surface area contributed by atoms with E-state index in [1.165, 1.54) is 58.9 Å². The number of aliphatic carboxylic acids is 4. The van der Waals surface area contributed by atoms with Gasteiger partial charge in [0, 0.05) is 38.0 Å². The summed E-state index contributed by atoms with van der Waals surface area (Å²) in [6.45, 7) is 9.68. The monoisotopic (exact) mass is 1510 g/mol. The highest BCUT2D eigenvalue weighted by Gasteiger charge is 2.38. The van der Waals surface area contributed by atoms with Crippen molar-refractivity contribution in [2.45, 2.75) is 211 Å². The van der Waals surface area contributed by atoms with Crippen LogP contribution in [0.4, 0.5) is 0 Å². The zero-order chi connectivity index (χ0) is 80.0. The minimum Gasteiger partial charge on any atom is -0.508 e. The van der Waals surface area contributed by atoms with E-state index in [4.69, 9.17) is 28.7 Å². The van der Waals surface area contributed by atoms with Crippen LogP contribution in [-0.4, -0.2) is 230 Å². The first-order valence-electron chi connectivity index (χ1n) is 33.8. The molecule has 13 amide bonds. The summed E-state index contributed by atoms with van der Waals surface area (Å²) in [4.78, 5) is 230. The summed E-state index contributed by atoms with van der Waals surface area (Å²) >= 11 is 3.92. The summed E-state index contributed by atoms with van der Waals surface area (Å²) in [5, 5.41) is 77.4. The highest BCUT2D eigenvalue weighted by Crippen LogP contribution is 2.16. The van der Waals surface area contributed by atoms with Crippen molar-refractivity contribution in [2.24, 2.45) is 51.4 Å². The van der Waals surface area contributed by atoms with Gasteiger partial charge in [-0.1, -0.05) is 53.7 Å². The molecule has 40 nitrogen and oxygen atoms in total. The first-order chi connectivity index (χ1) is 49.1. The number of benzene rings is 1. The molecular weight excluding hydrogens is 1400 g/mol. The second-order valence-corrected chi connectivity index (χ2v) is 26.2. The van der Waals surface area contributed by atoms with Crippen LogP contribution in [0.2, 0.25) is 0 Å². The third-order valence-electron chi connectivity index (χ3n) is 15.6. The Kier molecular flexibility index (Phi) is 42.1. The van der Waals surface area contributed by atoms with Crippen molar-refractivity contribution in [2.75, 3.05) is 25.4 Å². The lowest BCUT2D eigenvalue weighted by Crippen LogP contribution is -2.62. The average Bonchev–Trinajstić information content (AvgIpc) is 0.849. The van der Waals surface area contributed by atoms with Crippen molar-refractivity contribution in [3.63, 3.8) is 0 Å². The molecular formula is C64H104N18O22S. The van der Waals surface area contributed by atoms with Crippen LogP contribution in [0.1, 0.15) is 138 Å². The van der Waals surface area contributed by atoms with Gasteiger partial charge in [-0.15, -0.1) is 0 Å². The number of thiol groups is 1. The van der Waals surface area contributed by atoms with Gasteiger partial charge in [0.05, 0.1) is 19.0 Å². The van der Waals surface area contributed by atoms with Gasteiger partial charge < -0.3 is 118 Å². The lowest BCUT2D eigenvalue weighted by Gasteiger charge is -2.30. The number of guanidine groups is 1. The summed E-state index contributed by atoms with van der Waals surface area (Å²) in [5.74, 6) is -22.1. The highest BCUT2D eigenvalue weighted by atomic mass is 32.1. The van der Waals surface area contributed by atoms with Gasteiger partial charge in [0.25, 0.3) is 0 Å². The van der Waals surface area contributed by atoms with E-state index in [9.17, 15) is 107 Å². The number of carbonyl (C=O) groups excluding carboxylic acids is 13. The lowest BCUT2D eigenvalue weighted by molar-refractivity contribution is -0.143. The van der Waals surface area contributed by atoms with Gasteiger partial charge in [-0.25, -0.2) is 4.79 Å². The van der Waals surface area contributed by atoms with Crippen LogP contribution in [-0.2, 0) is 87.9 Å². The van der Waals surface area contributed by atoms with Gasteiger partial charge in [-0.05, 0) is 107 Å². The number of nitrogens with one attached hydrogen (secondary N) is 12. The Morgan fingerprint density at radius 1 is 0.457 bits per heavy atom. The number of hydrogen-bond donors (Lipinski definition) is 23. The largest absolute Gasteiger partial charge is 0.508 e. The van der Waals surface area contributed by atoms with Crippen molar-refractivity contribution in [1.29, 1.82) is 0 Å². The van der Waals surface area contributed by atoms with E-state index >= 15 is 0 Å². The molecule has 0 aromatic heterocycles. The predicted molar refractivity (Wildman–Crippen MR) is 378 cm³/mol. The van der Waals surface area contributed by atoms with E-state index in [1.54, 1.807) is 13.8 Å². The van der Waals surface area contributed by atoms with E-state index in [-0.39, 0.29) is 81.4 Å². The Hall–Kier alpha value is -10.4. The molecule has 0 spiro atoms. The maximum atomic E-state index is 14.5. The number of amides is 13. The summed E-state index contributed by atoms with van der Waals surface area (Å²) < 4.78 is 0. The zero-order valence-electron chi connectivity index (χ0n) is 59.7. The number of carboxylic acids is 4. The van der Waals surface area contributed by atoms with Crippen LogP contribution < -0.4 is 92.5 Å². The number of unbranched alkanes of at least 4 members (excludes halogenated alkanes) is 1. The zero-order valence-corrected chi connectivity index (χ0v) is 60.5. The fraction of sp³-hybridized carbons (Fsp3) is 0.625. The molecule has 0 fully saturated rings. The minimum absolute atomic E-state index is 0.0246. The van der Waals surface area contributed by atoms with Crippen LogP contribution in [0.15, 0.2) is 29.3 Å². The Labute approximate surface area is 611 Å². The molecule has 1 aromatic carbocycles. The van der Waals surface area contributed by atoms with Crippen molar-refractivity contribution >= 4 is 119 Å². The summed E-state index contributed by atoms with van der Waals surface area (Å²) in [6.07, 6.45) is -5.53. The number of carboxylic acid groups (broad SMARTS) is 4. The quantitative estimate of drug-likeness (QED) is 0.0125. The molecule has 0 aliphatic heterocycles. The summed E-state index contributed by atoms with van der Waals surface area (Å²) in [7, 11) is 0. The number of aromatic hydroxyl groups is 1. The number of nitrogens with zero attached hydrogens (tertiary/aromatic N) is 1. The van der Waals surface area contributed by atoms with Gasteiger partial charge in [0.1, 0.15) is 72.2 Å². The first-order valence-corrected chi connectivity index (χ1v) is 34.4. The van der Waals surface area contributed by atoms with Crippen LogP contribution in [0.25, 0.3) is 0 Å². The van der Waals surface area contributed by atoms with E-state index in [1.807, 2.05) is 0 Å². The Morgan fingerprint density at radius 3 is 1.29 bits per heavy atom. The number of carbonyl (C=O) groups is 17. The van der Waals surface area contributed by atoms with E-state index < -0.39 is 236 Å². The Balaban J connectivity index is 3.76. The van der Waals surface area contributed by atoms with Crippen LogP contribution >= 0.6 is 12.6 Å². The number of hydrogen-bond acceptors (Lipinski definition) is 22. The minimum atomic E-state index is -2.04. The van der Waals surface area contributed by atoms with Gasteiger partial charge in [0.2, 0.25) is 76.8 Å². The Bertz CT molecular complexity index is 3210. The molecule has 0 saturated carbocycles. The molecule has 0 unspecified atom stereocenters. The van der Waals surface area contributed by atoms with Gasteiger partial charge >= 0.3 is 23.9 Å². The number of primary amides is 1. The molecule has 0 bridgehead atoms. The molecule has 588 valence electrons. The summed E-state index contributed by atoms with van der Waals surface area (Å²) in [5.41, 5.74) is 28.1. The molecule has 1 rings (SSSR count). The third-order valence-corrected chi connectivity index (χ3v) is 16.0. The molecule has 27 N–H and O–H groups in total. The van der Waals surface area contributed by atoms with Crippen LogP contribution in [0, 0.1) is 17.8 Å². The van der Waals surface area contributed by atoms with E-state index in [0.717, 1.165) is 0 Å². The van der Waals surface area contributed by atoms with E-state index in [0.29, 0.717) is 5.56 Å². The van der Waals surface area contributed by atoms with E-state index in [2.05, 4.69) is 81.4 Å². The SMILES string of the molecule is CC(C)C[C@H](NC(=O)[C@H](CCC(=O)O)NC(=O)[C@@H](NC(=O)[C@H](Cc1ccc(O)cc1)NC(=O)[C@@H](NC(=O)[C@H](CC(=O)O)NC(=O)[C@H](CCCCN)NC(=O)[C@H](CCCN=C(N)N)NC(=O)[C@H](CCC(N)=O)NC(=O)[C@H](CCC(=O)O)NC(=O)CNC(=O)[C@H](C)NC(=O)[C@@H](N)CS)C(C)C)C(C)C)C(=O)O. The molecule has 12 atom stereocenters. The first kappa shape index (κ1) is 92.6. The highest BCUT2D eigenvalue weighted by molar-refractivity contribution is 7.80.